The molecule has 9 heteroatoms. The lowest BCUT2D eigenvalue weighted by atomic mass is 10.0. The number of piperidine rings is 1. The van der Waals surface area contributed by atoms with E-state index >= 15 is 0 Å². The summed E-state index contributed by atoms with van der Waals surface area (Å²) in [7, 11) is -3.89. The fourth-order valence-corrected chi connectivity index (χ4v) is 5.06. The molecule has 3 rings (SSSR count). The van der Waals surface area contributed by atoms with Gasteiger partial charge in [-0.15, -0.1) is 0 Å². The molecule has 1 saturated heterocycles. The molecule has 2 aromatic rings. The van der Waals surface area contributed by atoms with E-state index in [1.165, 1.54) is 62.9 Å². The monoisotopic (exact) mass is 472 g/mol. The molecule has 1 fully saturated rings. The largest absolute Gasteiger partial charge is 0.351 e. The molecule has 0 saturated carbocycles. The minimum atomic E-state index is -3.89. The van der Waals surface area contributed by atoms with Crippen LogP contribution in [0.3, 0.4) is 0 Å². The fourth-order valence-electron chi connectivity index (χ4n) is 3.85. The van der Waals surface area contributed by atoms with E-state index in [1.807, 2.05) is 18.2 Å². The molecule has 1 heterocycles. The van der Waals surface area contributed by atoms with Crippen molar-refractivity contribution < 1.29 is 18.0 Å². The number of nitrogens with one attached hydrogen (secondary N) is 3. The van der Waals surface area contributed by atoms with Gasteiger partial charge in [0.2, 0.25) is 21.8 Å². The first-order valence-electron chi connectivity index (χ1n) is 11.2. The maximum absolute atomic E-state index is 12.6. The number of nitrogens with zero attached hydrogens (tertiary/aromatic N) is 1. The zero-order valence-corrected chi connectivity index (χ0v) is 20.0. The molecule has 3 N–H and O–H groups in total. The van der Waals surface area contributed by atoms with Gasteiger partial charge in [-0.05, 0) is 68.2 Å². The molecule has 33 heavy (non-hydrogen) atoms. The number of benzene rings is 2. The van der Waals surface area contributed by atoms with Gasteiger partial charge in [0.15, 0.2) is 0 Å². The Morgan fingerprint density at radius 1 is 0.970 bits per heavy atom. The van der Waals surface area contributed by atoms with Crippen LogP contribution in [0.1, 0.15) is 44.2 Å². The molecule has 0 bridgehead atoms. The Labute approximate surface area is 195 Å². The first-order chi connectivity index (χ1) is 15.7. The summed E-state index contributed by atoms with van der Waals surface area (Å²) in [6.07, 6.45) is 3.71. The quantitative estimate of drug-likeness (QED) is 0.520. The Morgan fingerprint density at radius 3 is 2.24 bits per heavy atom. The first kappa shape index (κ1) is 24.9. The fraction of sp³-hybridized carbons (Fsp3) is 0.417. The third-order valence-electron chi connectivity index (χ3n) is 5.62. The van der Waals surface area contributed by atoms with E-state index in [-0.39, 0.29) is 10.8 Å². The molecule has 0 aromatic heterocycles. The van der Waals surface area contributed by atoms with Crippen molar-refractivity contribution in [3.8, 4) is 0 Å². The molecule has 0 spiro atoms. The summed E-state index contributed by atoms with van der Waals surface area (Å²) in [5.41, 5.74) is 2.70. The van der Waals surface area contributed by atoms with Crippen LogP contribution in [0, 0.1) is 0 Å². The summed E-state index contributed by atoms with van der Waals surface area (Å²) in [4.78, 5) is 26.2. The average molecular weight is 473 g/mol. The standard InChI is InChI=1S/C24H32N4O4S/c1-18(27-33(31,32)23-12-10-22(11-13-23)26-19(2)29)24(30)25-16-20-8-4-5-9-21(20)17-28-14-6-3-7-15-28/h4-5,8-13,18,27H,3,6-7,14-17H2,1-2H3,(H,25,30)(H,26,29)/t18-/m0/s1. The van der Waals surface area contributed by atoms with Crippen molar-refractivity contribution in [2.75, 3.05) is 18.4 Å². The predicted octanol–water partition coefficient (Wildman–Crippen LogP) is 2.61. The molecule has 178 valence electrons. The van der Waals surface area contributed by atoms with Crippen molar-refractivity contribution in [2.45, 2.75) is 57.1 Å². The van der Waals surface area contributed by atoms with E-state index in [1.54, 1.807) is 0 Å². The average Bonchev–Trinajstić information content (AvgIpc) is 2.78. The van der Waals surface area contributed by atoms with Crippen LogP contribution in [0.15, 0.2) is 53.4 Å². The second-order valence-corrected chi connectivity index (χ2v) is 10.1. The summed E-state index contributed by atoms with van der Waals surface area (Å²) in [5.74, 6) is -0.646. The summed E-state index contributed by atoms with van der Waals surface area (Å²) in [6, 6.07) is 12.8. The van der Waals surface area contributed by atoms with Crippen LogP contribution < -0.4 is 15.4 Å². The zero-order chi connectivity index (χ0) is 23.8. The lowest BCUT2D eigenvalue weighted by Crippen LogP contribution is -2.44. The molecule has 1 aliphatic heterocycles. The van der Waals surface area contributed by atoms with E-state index < -0.39 is 22.0 Å². The smallest absolute Gasteiger partial charge is 0.241 e. The maximum atomic E-state index is 12.6. The molecule has 1 atom stereocenters. The SMILES string of the molecule is CC(=O)Nc1ccc(S(=O)(=O)N[C@@H](C)C(=O)NCc2ccccc2CN2CCCCC2)cc1. The van der Waals surface area contributed by atoms with Crippen LogP contribution in [0.5, 0.6) is 0 Å². The van der Waals surface area contributed by atoms with Gasteiger partial charge in [-0.3, -0.25) is 14.5 Å². The van der Waals surface area contributed by atoms with Gasteiger partial charge in [0.1, 0.15) is 0 Å². The van der Waals surface area contributed by atoms with Crippen LogP contribution in [0.2, 0.25) is 0 Å². The molecule has 0 radical (unpaired) electrons. The highest BCUT2D eigenvalue weighted by Gasteiger charge is 2.22. The van der Waals surface area contributed by atoms with E-state index in [0.717, 1.165) is 25.2 Å². The van der Waals surface area contributed by atoms with E-state index in [4.69, 9.17) is 0 Å². The maximum Gasteiger partial charge on any atom is 0.241 e. The summed E-state index contributed by atoms with van der Waals surface area (Å²) >= 11 is 0. The van der Waals surface area contributed by atoms with Gasteiger partial charge in [0.05, 0.1) is 10.9 Å². The Hall–Kier alpha value is -2.75. The first-order valence-corrected chi connectivity index (χ1v) is 12.7. The highest BCUT2D eigenvalue weighted by Crippen LogP contribution is 2.17. The van der Waals surface area contributed by atoms with Crippen molar-refractivity contribution in [1.29, 1.82) is 0 Å². The Morgan fingerprint density at radius 2 is 1.61 bits per heavy atom. The lowest BCUT2D eigenvalue weighted by molar-refractivity contribution is -0.122. The van der Waals surface area contributed by atoms with Crippen LogP contribution in [-0.4, -0.2) is 44.3 Å². The van der Waals surface area contributed by atoms with Crippen molar-refractivity contribution in [1.82, 2.24) is 14.9 Å². The van der Waals surface area contributed by atoms with Crippen LogP contribution in [0.4, 0.5) is 5.69 Å². The van der Waals surface area contributed by atoms with Crippen molar-refractivity contribution in [2.24, 2.45) is 0 Å². The molecule has 2 aromatic carbocycles. The minimum absolute atomic E-state index is 0.0168. The van der Waals surface area contributed by atoms with E-state index in [9.17, 15) is 18.0 Å². The molecule has 2 amide bonds. The van der Waals surface area contributed by atoms with Gasteiger partial charge in [0, 0.05) is 25.7 Å². The zero-order valence-electron chi connectivity index (χ0n) is 19.1. The Kier molecular flexibility index (Phi) is 8.60. The van der Waals surface area contributed by atoms with Gasteiger partial charge in [-0.2, -0.15) is 4.72 Å². The Bertz CT molecular complexity index is 1060. The number of hydrogen-bond donors (Lipinski definition) is 3. The predicted molar refractivity (Wildman–Crippen MR) is 128 cm³/mol. The van der Waals surface area contributed by atoms with Crippen LogP contribution in [-0.2, 0) is 32.7 Å². The molecule has 0 unspecified atom stereocenters. The van der Waals surface area contributed by atoms with Crippen LogP contribution in [0.25, 0.3) is 0 Å². The third-order valence-corrected chi connectivity index (χ3v) is 7.18. The number of sulfonamides is 1. The van der Waals surface area contributed by atoms with Crippen molar-refractivity contribution in [3.63, 3.8) is 0 Å². The summed E-state index contributed by atoms with van der Waals surface area (Å²) < 4.78 is 27.7. The highest BCUT2D eigenvalue weighted by molar-refractivity contribution is 7.89. The van der Waals surface area contributed by atoms with Gasteiger partial charge < -0.3 is 10.6 Å². The molecular weight excluding hydrogens is 440 g/mol. The van der Waals surface area contributed by atoms with Crippen LogP contribution >= 0.6 is 0 Å². The number of likely N-dealkylation sites (tertiary alicyclic amines) is 1. The number of hydrogen-bond acceptors (Lipinski definition) is 5. The lowest BCUT2D eigenvalue weighted by Gasteiger charge is -2.27. The van der Waals surface area contributed by atoms with Crippen molar-refractivity contribution >= 4 is 27.5 Å². The summed E-state index contributed by atoms with van der Waals surface area (Å²) in [5, 5.41) is 5.43. The molecular formula is C24H32N4O4S. The normalized spacial score (nSPS) is 15.6. The van der Waals surface area contributed by atoms with Gasteiger partial charge >= 0.3 is 0 Å². The van der Waals surface area contributed by atoms with Crippen molar-refractivity contribution in [3.05, 3.63) is 59.7 Å². The number of anilines is 1. The molecule has 1 aliphatic rings. The van der Waals surface area contributed by atoms with Gasteiger partial charge in [-0.25, -0.2) is 8.42 Å². The number of amides is 2. The third kappa shape index (κ3) is 7.38. The Balaban J connectivity index is 1.57. The molecule has 0 aliphatic carbocycles. The highest BCUT2D eigenvalue weighted by atomic mass is 32.2. The molecule has 8 nitrogen and oxygen atoms in total. The second kappa shape index (κ2) is 11.4. The second-order valence-electron chi connectivity index (χ2n) is 8.37. The minimum Gasteiger partial charge on any atom is -0.351 e. The number of rotatable bonds is 9. The van der Waals surface area contributed by atoms with Gasteiger partial charge in [-0.1, -0.05) is 30.7 Å². The summed E-state index contributed by atoms with van der Waals surface area (Å²) in [6.45, 7) is 6.25. The number of carbonyl (C=O) groups excluding carboxylic acids is 2. The number of carbonyl (C=O) groups is 2. The topological polar surface area (TPSA) is 108 Å². The van der Waals surface area contributed by atoms with E-state index in [2.05, 4.69) is 26.3 Å². The van der Waals surface area contributed by atoms with Gasteiger partial charge in [0.25, 0.3) is 0 Å². The van der Waals surface area contributed by atoms with E-state index in [0.29, 0.717) is 12.2 Å².